The van der Waals surface area contributed by atoms with Gasteiger partial charge >= 0.3 is 0 Å². The molecule has 0 saturated heterocycles. The second kappa shape index (κ2) is 4.73. The minimum atomic E-state index is -0.583. The van der Waals surface area contributed by atoms with Gasteiger partial charge in [-0.25, -0.2) is 4.98 Å². The second-order valence-corrected chi connectivity index (χ2v) is 4.56. The van der Waals surface area contributed by atoms with Crippen molar-refractivity contribution in [1.29, 1.82) is 0 Å². The summed E-state index contributed by atoms with van der Waals surface area (Å²) in [5.74, 6) is 0.646. The average Bonchev–Trinajstić information content (AvgIpc) is 2.74. The molecule has 1 heterocycles. The predicted molar refractivity (Wildman–Crippen MR) is 69.1 cm³/mol. The van der Waals surface area contributed by atoms with Crippen LogP contribution in [0.5, 0.6) is 5.75 Å². The van der Waals surface area contributed by atoms with Crippen LogP contribution in [0, 0.1) is 0 Å². The molecule has 0 aliphatic carbocycles. The molecule has 1 atom stereocenters. The fourth-order valence-electron chi connectivity index (χ4n) is 1.72. The number of hydrogen-bond donors (Lipinski definition) is 2. The van der Waals surface area contributed by atoms with E-state index in [4.69, 9.17) is 10.5 Å². The summed E-state index contributed by atoms with van der Waals surface area (Å²) >= 11 is 1.38. The number of aromatic nitrogens is 1. The Morgan fingerprint density at radius 1 is 1.47 bits per heavy atom. The maximum atomic E-state index is 9.69. The maximum Gasteiger partial charge on any atom is 0.180 e. The summed E-state index contributed by atoms with van der Waals surface area (Å²) in [5, 5.41) is 12.1. The van der Waals surface area contributed by atoms with Gasteiger partial charge in [-0.3, -0.25) is 0 Å². The molecule has 0 fully saturated rings. The minimum absolute atomic E-state index is 0.518. The zero-order chi connectivity index (χ0) is 12.4. The molecule has 3 N–H and O–H groups in total. The van der Waals surface area contributed by atoms with E-state index in [1.807, 2.05) is 23.6 Å². The van der Waals surface area contributed by atoms with Crippen LogP contribution in [0.2, 0.25) is 0 Å². The van der Waals surface area contributed by atoms with Crippen LogP contribution in [-0.2, 0) is 0 Å². The van der Waals surface area contributed by atoms with Crippen molar-refractivity contribution >= 4 is 16.5 Å². The monoisotopic (exact) mass is 250 g/mol. The van der Waals surface area contributed by atoms with E-state index >= 15 is 0 Å². The zero-order valence-corrected chi connectivity index (χ0v) is 10.5. The molecular weight excluding hydrogens is 236 g/mol. The summed E-state index contributed by atoms with van der Waals surface area (Å²) in [6, 6.07) is 5.61. The Hall–Kier alpha value is -1.59. The Bertz CT molecular complexity index is 523. The lowest BCUT2D eigenvalue weighted by molar-refractivity contribution is 0.194. The molecule has 4 nitrogen and oxygen atoms in total. The Balaban J connectivity index is 2.58. The highest BCUT2D eigenvalue weighted by Gasteiger charge is 2.15. The molecular formula is C12H14N2O2S. The van der Waals surface area contributed by atoms with Gasteiger partial charge in [0.25, 0.3) is 0 Å². The Morgan fingerprint density at radius 3 is 2.76 bits per heavy atom. The normalized spacial score (nSPS) is 12.4. The van der Waals surface area contributed by atoms with Crippen molar-refractivity contribution in [3.63, 3.8) is 0 Å². The molecule has 5 heteroatoms. The van der Waals surface area contributed by atoms with Crippen LogP contribution in [0.3, 0.4) is 0 Å². The van der Waals surface area contributed by atoms with Crippen molar-refractivity contribution in [3.05, 3.63) is 29.1 Å². The summed E-state index contributed by atoms with van der Waals surface area (Å²) in [5.41, 5.74) is 7.99. The number of nitrogens with two attached hydrogens (primary N) is 1. The first-order chi connectivity index (χ1) is 8.13. The first kappa shape index (κ1) is 11.9. The SMILES string of the molecule is COc1c(-c2csc(N)n2)cccc1[C@H](C)O. The van der Waals surface area contributed by atoms with E-state index in [1.54, 1.807) is 14.0 Å². The van der Waals surface area contributed by atoms with E-state index in [1.165, 1.54) is 11.3 Å². The summed E-state index contributed by atoms with van der Waals surface area (Å²) in [7, 11) is 1.58. The van der Waals surface area contributed by atoms with E-state index < -0.39 is 6.10 Å². The fourth-order valence-corrected chi connectivity index (χ4v) is 2.29. The summed E-state index contributed by atoms with van der Waals surface area (Å²) in [6.07, 6.45) is -0.583. The minimum Gasteiger partial charge on any atom is -0.496 e. The summed E-state index contributed by atoms with van der Waals surface area (Å²) < 4.78 is 5.37. The lowest BCUT2D eigenvalue weighted by Gasteiger charge is -2.14. The third-order valence-corrected chi connectivity index (χ3v) is 3.17. The third kappa shape index (κ3) is 2.25. The van der Waals surface area contributed by atoms with Gasteiger partial charge in [0.1, 0.15) is 5.75 Å². The predicted octanol–water partition coefficient (Wildman–Crippen LogP) is 2.45. The van der Waals surface area contributed by atoms with Gasteiger partial charge in [0.2, 0.25) is 0 Å². The van der Waals surface area contributed by atoms with Gasteiger partial charge in [-0.15, -0.1) is 11.3 Å². The number of anilines is 1. The molecule has 0 amide bonds. The highest BCUT2D eigenvalue weighted by Crippen LogP contribution is 2.36. The van der Waals surface area contributed by atoms with E-state index in [0.29, 0.717) is 10.9 Å². The molecule has 0 aliphatic heterocycles. The van der Waals surface area contributed by atoms with E-state index in [0.717, 1.165) is 16.8 Å². The second-order valence-electron chi connectivity index (χ2n) is 3.68. The van der Waals surface area contributed by atoms with Crippen molar-refractivity contribution in [2.45, 2.75) is 13.0 Å². The molecule has 17 heavy (non-hydrogen) atoms. The number of benzene rings is 1. The van der Waals surface area contributed by atoms with Crippen LogP contribution in [0.1, 0.15) is 18.6 Å². The van der Waals surface area contributed by atoms with Gasteiger partial charge in [-0.2, -0.15) is 0 Å². The first-order valence-electron chi connectivity index (χ1n) is 5.20. The van der Waals surface area contributed by atoms with Gasteiger partial charge < -0.3 is 15.6 Å². The van der Waals surface area contributed by atoms with Crippen LogP contribution < -0.4 is 10.5 Å². The van der Waals surface area contributed by atoms with Gasteiger partial charge in [0.05, 0.1) is 18.9 Å². The molecule has 90 valence electrons. The molecule has 1 aromatic heterocycles. The Labute approximate surface area is 104 Å². The van der Waals surface area contributed by atoms with Crippen LogP contribution in [-0.4, -0.2) is 17.2 Å². The lowest BCUT2D eigenvalue weighted by Crippen LogP contribution is -1.98. The fraction of sp³-hybridized carbons (Fsp3) is 0.250. The lowest BCUT2D eigenvalue weighted by atomic mass is 10.0. The molecule has 0 radical (unpaired) electrons. The van der Waals surface area contributed by atoms with Crippen molar-refractivity contribution < 1.29 is 9.84 Å². The molecule has 2 rings (SSSR count). The quantitative estimate of drug-likeness (QED) is 0.878. The van der Waals surface area contributed by atoms with Crippen LogP contribution in [0.15, 0.2) is 23.6 Å². The highest BCUT2D eigenvalue weighted by atomic mass is 32.1. The maximum absolute atomic E-state index is 9.69. The van der Waals surface area contributed by atoms with Crippen molar-refractivity contribution in [2.24, 2.45) is 0 Å². The largest absolute Gasteiger partial charge is 0.496 e. The van der Waals surface area contributed by atoms with Gasteiger partial charge in [0, 0.05) is 16.5 Å². The first-order valence-corrected chi connectivity index (χ1v) is 6.07. The molecule has 1 aromatic carbocycles. The van der Waals surface area contributed by atoms with Gasteiger partial charge in [-0.05, 0) is 13.0 Å². The number of nitrogen functional groups attached to an aromatic ring is 1. The van der Waals surface area contributed by atoms with Crippen LogP contribution >= 0.6 is 11.3 Å². The average molecular weight is 250 g/mol. The topological polar surface area (TPSA) is 68.4 Å². The van der Waals surface area contributed by atoms with E-state index in [2.05, 4.69) is 4.98 Å². The Kier molecular flexibility index (Phi) is 3.31. The number of thiazole rings is 1. The summed E-state index contributed by atoms with van der Waals surface area (Å²) in [4.78, 5) is 4.22. The number of ether oxygens (including phenoxy) is 1. The van der Waals surface area contributed by atoms with Gasteiger partial charge in [0.15, 0.2) is 5.13 Å². The van der Waals surface area contributed by atoms with Crippen molar-refractivity contribution in [2.75, 3.05) is 12.8 Å². The number of methoxy groups -OCH3 is 1. The van der Waals surface area contributed by atoms with Crippen molar-refractivity contribution in [1.82, 2.24) is 4.98 Å². The zero-order valence-electron chi connectivity index (χ0n) is 9.68. The van der Waals surface area contributed by atoms with E-state index in [-0.39, 0.29) is 0 Å². The highest BCUT2D eigenvalue weighted by molar-refractivity contribution is 7.13. The molecule has 0 unspecified atom stereocenters. The van der Waals surface area contributed by atoms with Crippen molar-refractivity contribution in [3.8, 4) is 17.0 Å². The number of nitrogens with zero attached hydrogens (tertiary/aromatic N) is 1. The molecule has 0 saturated carbocycles. The van der Waals surface area contributed by atoms with Gasteiger partial charge in [-0.1, -0.05) is 12.1 Å². The Morgan fingerprint density at radius 2 is 2.24 bits per heavy atom. The van der Waals surface area contributed by atoms with Crippen LogP contribution in [0.4, 0.5) is 5.13 Å². The van der Waals surface area contributed by atoms with E-state index in [9.17, 15) is 5.11 Å². The molecule has 0 spiro atoms. The number of para-hydroxylation sites is 1. The standard InChI is InChI=1S/C12H14N2O2S/c1-7(15)8-4-3-5-9(11(8)16-2)10-6-17-12(13)14-10/h3-7,15H,1-2H3,(H2,13,14)/t7-/m0/s1. The number of rotatable bonds is 3. The summed E-state index contributed by atoms with van der Waals surface area (Å²) in [6.45, 7) is 1.71. The molecule has 0 bridgehead atoms. The van der Waals surface area contributed by atoms with Crippen LogP contribution in [0.25, 0.3) is 11.3 Å². The molecule has 0 aliphatic rings. The number of aliphatic hydroxyl groups excluding tert-OH is 1. The number of aliphatic hydroxyl groups is 1. The number of hydrogen-bond acceptors (Lipinski definition) is 5. The third-order valence-electron chi connectivity index (χ3n) is 2.50. The smallest absolute Gasteiger partial charge is 0.180 e. The molecule has 2 aromatic rings.